The monoisotopic (exact) mass is 260 g/mol. The van der Waals surface area contributed by atoms with Crippen molar-refractivity contribution in [3.8, 4) is 0 Å². The van der Waals surface area contributed by atoms with Gasteiger partial charge >= 0.3 is 0 Å². The molecule has 2 aromatic rings. The van der Waals surface area contributed by atoms with E-state index in [9.17, 15) is 0 Å². The first-order valence-corrected chi connectivity index (χ1v) is 6.29. The summed E-state index contributed by atoms with van der Waals surface area (Å²) < 4.78 is 0. The number of nitrogens with one attached hydrogen (secondary N) is 1. The first-order chi connectivity index (χ1) is 8.63. The average molecular weight is 261 g/mol. The molecule has 3 heteroatoms. The Kier molecular flexibility index (Phi) is 4.02. The normalized spacial score (nSPS) is 12.4. The standard InChI is InChI=1S/C15H17ClN2/c1-10-5-3-6-12(9-10)15(18-17)13-7-4-8-14(16)11(13)2/h3-9,15,18H,17H2,1-2H3. The van der Waals surface area contributed by atoms with Gasteiger partial charge in [0.25, 0.3) is 0 Å². The lowest BCUT2D eigenvalue weighted by molar-refractivity contribution is 0.633. The Labute approximate surface area is 113 Å². The zero-order valence-electron chi connectivity index (χ0n) is 10.6. The second-order valence-electron chi connectivity index (χ2n) is 4.47. The number of aryl methyl sites for hydroxylation is 1. The van der Waals surface area contributed by atoms with Gasteiger partial charge in [0.05, 0.1) is 6.04 Å². The first-order valence-electron chi connectivity index (χ1n) is 5.91. The van der Waals surface area contributed by atoms with Crippen LogP contribution in [0.4, 0.5) is 0 Å². The van der Waals surface area contributed by atoms with Gasteiger partial charge in [0, 0.05) is 5.02 Å². The maximum absolute atomic E-state index is 6.17. The minimum absolute atomic E-state index is 0.0383. The van der Waals surface area contributed by atoms with Gasteiger partial charge in [0.1, 0.15) is 0 Å². The number of rotatable bonds is 3. The minimum Gasteiger partial charge on any atom is -0.271 e. The van der Waals surface area contributed by atoms with Crippen molar-refractivity contribution in [2.45, 2.75) is 19.9 Å². The van der Waals surface area contributed by atoms with E-state index in [-0.39, 0.29) is 6.04 Å². The van der Waals surface area contributed by atoms with E-state index in [1.807, 2.05) is 31.2 Å². The molecular formula is C15H17ClN2. The van der Waals surface area contributed by atoms with E-state index in [1.54, 1.807) is 0 Å². The Morgan fingerprint density at radius 1 is 1.11 bits per heavy atom. The highest BCUT2D eigenvalue weighted by Crippen LogP contribution is 2.28. The van der Waals surface area contributed by atoms with Crippen LogP contribution in [0.15, 0.2) is 42.5 Å². The van der Waals surface area contributed by atoms with Gasteiger partial charge in [-0.1, -0.05) is 53.6 Å². The van der Waals surface area contributed by atoms with E-state index in [2.05, 4.69) is 30.5 Å². The molecule has 18 heavy (non-hydrogen) atoms. The third kappa shape index (κ3) is 2.56. The Hall–Kier alpha value is -1.35. The molecule has 2 aromatic carbocycles. The van der Waals surface area contributed by atoms with Crippen molar-refractivity contribution >= 4 is 11.6 Å². The maximum Gasteiger partial charge on any atom is 0.0713 e. The molecule has 2 nitrogen and oxygen atoms in total. The summed E-state index contributed by atoms with van der Waals surface area (Å²) in [5.74, 6) is 5.71. The van der Waals surface area contributed by atoms with Crippen LogP contribution in [0.3, 0.4) is 0 Å². The smallest absolute Gasteiger partial charge is 0.0713 e. The van der Waals surface area contributed by atoms with Crippen LogP contribution in [-0.4, -0.2) is 0 Å². The van der Waals surface area contributed by atoms with Crippen molar-refractivity contribution in [1.82, 2.24) is 5.43 Å². The zero-order chi connectivity index (χ0) is 13.1. The molecular weight excluding hydrogens is 244 g/mol. The lowest BCUT2D eigenvalue weighted by Crippen LogP contribution is -2.29. The van der Waals surface area contributed by atoms with Gasteiger partial charge in [0.15, 0.2) is 0 Å². The molecule has 0 spiro atoms. The lowest BCUT2D eigenvalue weighted by Gasteiger charge is -2.20. The molecule has 2 rings (SSSR count). The van der Waals surface area contributed by atoms with E-state index in [0.29, 0.717) is 0 Å². The fourth-order valence-corrected chi connectivity index (χ4v) is 2.33. The fraction of sp³-hybridized carbons (Fsp3) is 0.200. The van der Waals surface area contributed by atoms with Gasteiger partial charge in [-0.05, 0) is 36.6 Å². The number of halogens is 1. The summed E-state index contributed by atoms with van der Waals surface area (Å²) in [4.78, 5) is 0. The molecule has 0 bridgehead atoms. The number of hydrogen-bond donors (Lipinski definition) is 2. The molecule has 0 fully saturated rings. The summed E-state index contributed by atoms with van der Waals surface area (Å²) in [5, 5.41) is 0.764. The summed E-state index contributed by atoms with van der Waals surface area (Å²) in [6.45, 7) is 4.08. The second-order valence-corrected chi connectivity index (χ2v) is 4.88. The largest absolute Gasteiger partial charge is 0.271 e. The molecule has 0 aliphatic heterocycles. The predicted octanol–water partition coefficient (Wildman–Crippen LogP) is 3.51. The van der Waals surface area contributed by atoms with E-state index in [0.717, 1.165) is 21.7 Å². The van der Waals surface area contributed by atoms with Gasteiger partial charge in [-0.15, -0.1) is 0 Å². The lowest BCUT2D eigenvalue weighted by atomic mass is 9.94. The highest BCUT2D eigenvalue weighted by Gasteiger charge is 2.15. The van der Waals surface area contributed by atoms with Crippen molar-refractivity contribution in [1.29, 1.82) is 0 Å². The molecule has 0 amide bonds. The Morgan fingerprint density at radius 2 is 1.83 bits per heavy atom. The summed E-state index contributed by atoms with van der Waals surface area (Å²) >= 11 is 6.17. The van der Waals surface area contributed by atoms with Gasteiger partial charge in [-0.3, -0.25) is 5.84 Å². The second kappa shape index (κ2) is 5.53. The predicted molar refractivity (Wildman–Crippen MR) is 76.5 cm³/mol. The van der Waals surface area contributed by atoms with Crippen LogP contribution in [0.2, 0.25) is 5.02 Å². The van der Waals surface area contributed by atoms with E-state index in [4.69, 9.17) is 17.4 Å². The Morgan fingerprint density at radius 3 is 2.50 bits per heavy atom. The quantitative estimate of drug-likeness (QED) is 0.655. The molecule has 0 aromatic heterocycles. The summed E-state index contributed by atoms with van der Waals surface area (Å²) in [6, 6.07) is 14.2. The van der Waals surface area contributed by atoms with Crippen molar-refractivity contribution in [3.63, 3.8) is 0 Å². The summed E-state index contributed by atoms with van der Waals surface area (Å²) in [5.41, 5.74) is 7.39. The first kappa shape index (κ1) is 13.1. The molecule has 0 radical (unpaired) electrons. The number of benzene rings is 2. The number of hydrogen-bond acceptors (Lipinski definition) is 2. The van der Waals surface area contributed by atoms with E-state index < -0.39 is 0 Å². The molecule has 0 saturated heterocycles. The molecule has 3 N–H and O–H groups in total. The van der Waals surface area contributed by atoms with Crippen molar-refractivity contribution in [2.75, 3.05) is 0 Å². The molecule has 0 saturated carbocycles. The van der Waals surface area contributed by atoms with Crippen molar-refractivity contribution < 1.29 is 0 Å². The Bertz CT molecular complexity index is 552. The van der Waals surface area contributed by atoms with E-state index in [1.165, 1.54) is 5.56 Å². The van der Waals surface area contributed by atoms with Crippen LogP contribution in [0.25, 0.3) is 0 Å². The van der Waals surface area contributed by atoms with Gasteiger partial charge in [0.2, 0.25) is 0 Å². The van der Waals surface area contributed by atoms with Gasteiger partial charge in [-0.25, -0.2) is 5.43 Å². The van der Waals surface area contributed by atoms with Crippen LogP contribution in [0.5, 0.6) is 0 Å². The van der Waals surface area contributed by atoms with Crippen molar-refractivity contribution in [2.24, 2.45) is 5.84 Å². The van der Waals surface area contributed by atoms with Crippen LogP contribution >= 0.6 is 11.6 Å². The minimum atomic E-state index is -0.0383. The fourth-order valence-electron chi connectivity index (χ4n) is 2.15. The van der Waals surface area contributed by atoms with Crippen LogP contribution < -0.4 is 11.3 Å². The van der Waals surface area contributed by atoms with Crippen LogP contribution in [0.1, 0.15) is 28.3 Å². The SMILES string of the molecule is Cc1cccc(C(NN)c2cccc(Cl)c2C)c1. The molecule has 0 aliphatic carbocycles. The highest BCUT2D eigenvalue weighted by molar-refractivity contribution is 6.31. The third-order valence-electron chi connectivity index (χ3n) is 3.16. The molecule has 94 valence electrons. The van der Waals surface area contributed by atoms with Crippen molar-refractivity contribution in [3.05, 3.63) is 69.7 Å². The summed E-state index contributed by atoms with van der Waals surface area (Å²) in [6.07, 6.45) is 0. The molecule has 0 heterocycles. The van der Waals surface area contributed by atoms with Gasteiger partial charge in [-0.2, -0.15) is 0 Å². The topological polar surface area (TPSA) is 38.0 Å². The van der Waals surface area contributed by atoms with Gasteiger partial charge < -0.3 is 0 Å². The molecule has 0 aliphatic rings. The highest BCUT2D eigenvalue weighted by atomic mass is 35.5. The summed E-state index contributed by atoms with van der Waals surface area (Å²) in [7, 11) is 0. The zero-order valence-corrected chi connectivity index (χ0v) is 11.3. The maximum atomic E-state index is 6.17. The molecule has 1 unspecified atom stereocenters. The average Bonchev–Trinajstić information content (AvgIpc) is 2.35. The van der Waals surface area contributed by atoms with Crippen LogP contribution in [0, 0.1) is 13.8 Å². The molecule has 1 atom stereocenters. The number of nitrogens with two attached hydrogens (primary N) is 1. The third-order valence-corrected chi connectivity index (χ3v) is 3.57. The number of hydrazine groups is 1. The Balaban J connectivity index is 2.49. The van der Waals surface area contributed by atoms with Crippen LogP contribution in [-0.2, 0) is 0 Å². The van der Waals surface area contributed by atoms with E-state index >= 15 is 0 Å².